The number of rotatable bonds is 11. The van der Waals surface area contributed by atoms with E-state index in [1.54, 1.807) is 24.3 Å². The molecule has 0 bridgehead atoms. The third-order valence-electron chi connectivity index (χ3n) is 6.26. The van der Waals surface area contributed by atoms with E-state index in [-0.39, 0.29) is 23.2 Å². The van der Waals surface area contributed by atoms with Gasteiger partial charge in [-0.05, 0) is 63.2 Å². The number of aromatic nitrogens is 3. The number of anilines is 2. The third-order valence-corrected chi connectivity index (χ3v) is 7.15. The van der Waals surface area contributed by atoms with Gasteiger partial charge in [-0.15, -0.1) is 0 Å². The highest BCUT2D eigenvalue weighted by molar-refractivity contribution is 7.98. The van der Waals surface area contributed by atoms with Crippen molar-refractivity contribution in [3.63, 3.8) is 0 Å². The standard InChI is InChI=1S/C28H32N8O2S/c1-19(37)32-21-11-9-20(10-12-21)26-24(16-29)27(30)35-28(34-26)39-18-23-7-4-6-22(33-23)17-31-25(38)8-5-15-36-13-2-3-14-36/h4,6-7,9-12H,2-3,5,8,13-15,17-18H2,1H3,(H,31,38)(H,32,37)(H2,30,34,35). The lowest BCUT2D eigenvalue weighted by Crippen LogP contribution is -2.26. The molecule has 0 saturated carbocycles. The van der Waals surface area contributed by atoms with Gasteiger partial charge in [-0.25, -0.2) is 9.97 Å². The maximum Gasteiger partial charge on any atom is 0.221 e. The van der Waals surface area contributed by atoms with Gasteiger partial charge in [-0.1, -0.05) is 30.0 Å². The normalized spacial score (nSPS) is 13.1. The highest BCUT2D eigenvalue weighted by atomic mass is 32.2. The molecule has 0 atom stereocenters. The average Bonchev–Trinajstić information content (AvgIpc) is 3.44. The van der Waals surface area contributed by atoms with Crippen LogP contribution in [0.25, 0.3) is 11.3 Å². The smallest absolute Gasteiger partial charge is 0.221 e. The second-order valence-corrected chi connectivity index (χ2v) is 10.3. The molecule has 11 heteroatoms. The van der Waals surface area contributed by atoms with Gasteiger partial charge < -0.3 is 21.3 Å². The predicted molar refractivity (Wildman–Crippen MR) is 151 cm³/mol. The first kappa shape index (κ1) is 28.0. The van der Waals surface area contributed by atoms with Crippen molar-refractivity contribution >= 4 is 35.1 Å². The van der Waals surface area contributed by atoms with E-state index in [1.165, 1.54) is 31.5 Å². The van der Waals surface area contributed by atoms with Crippen LogP contribution in [0.4, 0.5) is 11.5 Å². The molecule has 0 radical (unpaired) electrons. The number of hydrogen-bond acceptors (Lipinski definition) is 9. The number of hydrogen-bond donors (Lipinski definition) is 3. The van der Waals surface area contributed by atoms with Crippen LogP contribution in [0.3, 0.4) is 0 Å². The Morgan fingerprint density at radius 2 is 1.82 bits per heavy atom. The zero-order valence-corrected chi connectivity index (χ0v) is 22.8. The summed E-state index contributed by atoms with van der Waals surface area (Å²) in [5, 5.41) is 15.7. The summed E-state index contributed by atoms with van der Waals surface area (Å²) in [6, 6.07) is 14.8. The summed E-state index contributed by atoms with van der Waals surface area (Å²) >= 11 is 1.36. The van der Waals surface area contributed by atoms with Gasteiger partial charge >= 0.3 is 0 Å². The van der Waals surface area contributed by atoms with E-state index in [9.17, 15) is 14.9 Å². The maximum absolute atomic E-state index is 12.3. The summed E-state index contributed by atoms with van der Waals surface area (Å²) in [5.41, 5.74) is 9.64. The van der Waals surface area contributed by atoms with Crippen LogP contribution in [0, 0.1) is 11.3 Å². The van der Waals surface area contributed by atoms with Crippen LogP contribution in [0.15, 0.2) is 47.6 Å². The van der Waals surface area contributed by atoms with Gasteiger partial charge in [0.2, 0.25) is 11.8 Å². The van der Waals surface area contributed by atoms with Gasteiger partial charge in [0.25, 0.3) is 0 Å². The molecule has 1 fully saturated rings. The Hall–Kier alpha value is -4.01. The van der Waals surface area contributed by atoms with Crippen molar-refractivity contribution in [1.29, 1.82) is 5.26 Å². The minimum atomic E-state index is -0.168. The summed E-state index contributed by atoms with van der Waals surface area (Å²) in [7, 11) is 0. The molecule has 10 nitrogen and oxygen atoms in total. The Morgan fingerprint density at radius 1 is 1.08 bits per heavy atom. The number of carbonyl (C=O) groups excluding carboxylic acids is 2. The lowest BCUT2D eigenvalue weighted by atomic mass is 10.1. The molecule has 3 heterocycles. The Morgan fingerprint density at radius 3 is 2.54 bits per heavy atom. The molecule has 3 aromatic rings. The topological polar surface area (TPSA) is 150 Å². The van der Waals surface area contributed by atoms with E-state index >= 15 is 0 Å². The Labute approximate surface area is 232 Å². The van der Waals surface area contributed by atoms with E-state index in [2.05, 4.69) is 36.6 Å². The molecule has 2 aromatic heterocycles. The van der Waals surface area contributed by atoms with E-state index < -0.39 is 0 Å². The number of nitriles is 1. The monoisotopic (exact) mass is 544 g/mol. The van der Waals surface area contributed by atoms with Crippen molar-refractivity contribution in [2.75, 3.05) is 30.7 Å². The van der Waals surface area contributed by atoms with Gasteiger partial charge in [0.1, 0.15) is 17.5 Å². The van der Waals surface area contributed by atoms with Crippen LogP contribution >= 0.6 is 11.8 Å². The highest BCUT2D eigenvalue weighted by Crippen LogP contribution is 2.29. The number of benzene rings is 1. The molecule has 0 aliphatic carbocycles. The van der Waals surface area contributed by atoms with Gasteiger partial charge in [-0.3, -0.25) is 14.6 Å². The summed E-state index contributed by atoms with van der Waals surface area (Å²) in [6.45, 7) is 5.08. The lowest BCUT2D eigenvalue weighted by Gasteiger charge is -2.13. The molecule has 202 valence electrons. The molecule has 0 spiro atoms. The minimum Gasteiger partial charge on any atom is -0.382 e. The SMILES string of the molecule is CC(=O)Nc1ccc(-c2nc(SCc3cccc(CNC(=O)CCCN4CCCC4)n3)nc(N)c2C#N)cc1. The zero-order chi connectivity index (χ0) is 27.6. The quantitative estimate of drug-likeness (QED) is 0.242. The number of likely N-dealkylation sites (tertiary alicyclic amines) is 1. The molecule has 0 unspecified atom stereocenters. The maximum atomic E-state index is 12.3. The molecule has 1 aliphatic heterocycles. The molecular weight excluding hydrogens is 512 g/mol. The van der Waals surface area contributed by atoms with Crippen LogP contribution in [-0.4, -0.2) is 51.3 Å². The number of nitrogen functional groups attached to an aromatic ring is 1. The molecule has 1 aliphatic rings. The van der Waals surface area contributed by atoms with Crippen LogP contribution < -0.4 is 16.4 Å². The zero-order valence-electron chi connectivity index (χ0n) is 21.9. The van der Waals surface area contributed by atoms with Crippen LogP contribution in [0.5, 0.6) is 0 Å². The van der Waals surface area contributed by atoms with Crippen LogP contribution in [-0.2, 0) is 21.9 Å². The van der Waals surface area contributed by atoms with Crippen molar-refractivity contribution in [3.8, 4) is 17.3 Å². The molecule has 1 aromatic carbocycles. The summed E-state index contributed by atoms with van der Waals surface area (Å²) < 4.78 is 0. The summed E-state index contributed by atoms with van der Waals surface area (Å²) in [5.74, 6) is 0.461. The second kappa shape index (κ2) is 13.7. The number of nitrogens with two attached hydrogens (primary N) is 1. The fourth-order valence-corrected chi connectivity index (χ4v) is 5.11. The highest BCUT2D eigenvalue weighted by Gasteiger charge is 2.16. The number of amides is 2. The molecule has 2 amide bonds. The lowest BCUT2D eigenvalue weighted by molar-refractivity contribution is -0.121. The van der Waals surface area contributed by atoms with Crippen LogP contribution in [0.1, 0.15) is 49.6 Å². The number of nitrogens with zero attached hydrogens (tertiary/aromatic N) is 5. The van der Waals surface area contributed by atoms with Crippen molar-refractivity contribution in [2.45, 2.75) is 50.1 Å². The van der Waals surface area contributed by atoms with E-state index in [0.717, 1.165) is 37.4 Å². The van der Waals surface area contributed by atoms with Gasteiger partial charge in [-0.2, -0.15) is 5.26 Å². The fraction of sp³-hybridized carbons (Fsp3) is 0.357. The molecule has 4 N–H and O–H groups in total. The van der Waals surface area contributed by atoms with Crippen molar-refractivity contribution in [3.05, 3.63) is 59.4 Å². The van der Waals surface area contributed by atoms with Crippen molar-refractivity contribution in [2.24, 2.45) is 0 Å². The molecule has 1 saturated heterocycles. The average molecular weight is 545 g/mol. The van der Waals surface area contributed by atoms with Crippen molar-refractivity contribution in [1.82, 2.24) is 25.2 Å². The molecule has 39 heavy (non-hydrogen) atoms. The van der Waals surface area contributed by atoms with Gasteiger partial charge in [0.15, 0.2) is 5.16 Å². The first-order valence-corrected chi connectivity index (χ1v) is 13.9. The van der Waals surface area contributed by atoms with Crippen LogP contribution in [0.2, 0.25) is 0 Å². The number of nitrogens with one attached hydrogen (secondary N) is 2. The number of thioether (sulfide) groups is 1. The largest absolute Gasteiger partial charge is 0.382 e. The fourth-order valence-electron chi connectivity index (χ4n) is 4.35. The van der Waals surface area contributed by atoms with Gasteiger partial charge in [0.05, 0.1) is 23.6 Å². The van der Waals surface area contributed by atoms with Crippen molar-refractivity contribution < 1.29 is 9.59 Å². The molecular formula is C28H32N8O2S. The first-order chi connectivity index (χ1) is 18.9. The second-order valence-electron chi connectivity index (χ2n) is 9.32. The number of carbonyl (C=O) groups is 2. The Balaban J connectivity index is 1.35. The van der Waals surface area contributed by atoms with E-state index in [4.69, 9.17) is 5.73 Å². The molecule has 4 rings (SSSR count). The Kier molecular flexibility index (Phi) is 9.83. The Bertz CT molecular complexity index is 1350. The third kappa shape index (κ3) is 8.24. The minimum absolute atomic E-state index is 0.0369. The van der Waals surface area contributed by atoms with Gasteiger partial charge in [0, 0.05) is 30.3 Å². The number of pyridine rings is 1. The van der Waals surface area contributed by atoms with E-state index in [0.29, 0.717) is 40.8 Å². The van der Waals surface area contributed by atoms with E-state index in [1.807, 2.05) is 18.2 Å². The summed E-state index contributed by atoms with van der Waals surface area (Å²) in [4.78, 5) is 39.5. The first-order valence-electron chi connectivity index (χ1n) is 12.9. The summed E-state index contributed by atoms with van der Waals surface area (Å²) in [6.07, 6.45) is 3.90. The predicted octanol–water partition coefficient (Wildman–Crippen LogP) is 3.74.